The van der Waals surface area contributed by atoms with E-state index >= 15 is 0 Å². The number of rotatable bonds is 3. The molecule has 0 unspecified atom stereocenters. The summed E-state index contributed by atoms with van der Waals surface area (Å²) in [7, 11) is -1.16. The van der Waals surface area contributed by atoms with Crippen molar-refractivity contribution in [3.05, 3.63) is 0 Å². The highest BCUT2D eigenvalue weighted by Crippen LogP contribution is 2.16. The summed E-state index contributed by atoms with van der Waals surface area (Å²) in [5.41, 5.74) is 0. The van der Waals surface area contributed by atoms with Gasteiger partial charge in [-0.25, -0.2) is 12.7 Å². The highest BCUT2D eigenvalue weighted by atomic mass is 35.5. The second kappa shape index (κ2) is 5.30. The first kappa shape index (κ1) is 14.2. The van der Waals surface area contributed by atoms with E-state index in [0.717, 1.165) is 6.42 Å². The first-order valence-corrected chi connectivity index (χ1v) is 6.15. The van der Waals surface area contributed by atoms with Gasteiger partial charge in [-0.2, -0.15) is 0 Å². The van der Waals surface area contributed by atoms with Crippen LogP contribution < -0.4 is 5.32 Å². The van der Waals surface area contributed by atoms with Crippen molar-refractivity contribution in [2.75, 3.05) is 20.1 Å². The van der Waals surface area contributed by atoms with Crippen LogP contribution in [0.15, 0.2) is 0 Å². The third-order valence-electron chi connectivity index (χ3n) is 2.51. The third kappa shape index (κ3) is 2.82. The van der Waals surface area contributed by atoms with Crippen LogP contribution in [0.2, 0.25) is 0 Å². The minimum Gasteiger partial charge on any atom is -0.316 e. The maximum absolute atomic E-state index is 11.7. The highest BCUT2D eigenvalue weighted by molar-refractivity contribution is 7.89. The predicted octanol–water partition coefficient (Wildman–Crippen LogP) is 0.440. The van der Waals surface area contributed by atoms with E-state index in [-0.39, 0.29) is 17.7 Å². The Hall–Kier alpha value is 0.160. The van der Waals surface area contributed by atoms with Crippen LogP contribution in [-0.2, 0) is 10.0 Å². The Balaban J connectivity index is 0.00000169. The van der Waals surface area contributed by atoms with E-state index < -0.39 is 10.0 Å². The Morgan fingerprint density at radius 2 is 2.00 bits per heavy atom. The monoisotopic (exact) mass is 242 g/mol. The van der Waals surface area contributed by atoms with E-state index in [1.807, 2.05) is 7.05 Å². The van der Waals surface area contributed by atoms with E-state index in [2.05, 4.69) is 5.32 Å². The van der Waals surface area contributed by atoms with Gasteiger partial charge in [-0.15, -0.1) is 12.4 Å². The van der Waals surface area contributed by atoms with Crippen molar-refractivity contribution in [3.63, 3.8) is 0 Å². The van der Waals surface area contributed by atoms with E-state index in [9.17, 15) is 8.42 Å². The van der Waals surface area contributed by atoms with Crippen molar-refractivity contribution in [1.29, 1.82) is 0 Å². The van der Waals surface area contributed by atoms with Gasteiger partial charge in [0.25, 0.3) is 0 Å². The van der Waals surface area contributed by atoms with Gasteiger partial charge in [0, 0.05) is 19.1 Å². The predicted molar refractivity (Wildman–Crippen MR) is 60.3 cm³/mol. The molecule has 1 saturated heterocycles. The van der Waals surface area contributed by atoms with Crippen LogP contribution in [-0.4, -0.2) is 44.2 Å². The van der Waals surface area contributed by atoms with Gasteiger partial charge in [0.05, 0.1) is 5.25 Å². The molecular formula is C8H19ClN2O2S. The molecule has 86 valence electrons. The Kier molecular flexibility index (Phi) is 5.36. The minimum atomic E-state index is -3.03. The minimum absolute atomic E-state index is 0. The van der Waals surface area contributed by atoms with E-state index in [1.54, 1.807) is 18.2 Å². The summed E-state index contributed by atoms with van der Waals surface area (Å²) < 4.78 is 25.0. The molecule has 0 bridgehead atoms. The van der Waals surface area contributed by atoms with Gasteiger partial charge in [-0.1, -0.05) is 0 Å². The molecule has 0 aromatic rings. The average Bonchev–Trinajstić information content (AvgIpc) is 2.51. The summed E-state index contributed by atoms with van der Waals surface area (Å²) in [4.78, 5) is 0. The summed E-state index contributed by atoms with van der Waals surface area (Å²) in [6, 6.07) is 0.327. The van der Waals surface area contributed by atoms with Gasteiger partial charge in [-0.05, 0) is 27.3 Å². The molecule has 14 heavy (non-hydrogen) atoms. The van der Waals surface area contributed by atoms with Crippen molar-refractivity contribution in [2.24, 2.45) is 0 Å². The first-order valence-electron chi connectivity index (χ1n) is 4.64. The third-order valence-corrected chi connectivity index (χ3v) is 4.76. The largest absolute Gasteiger partial charge is 0.316 e. The molecule has 1 fully saturated rings. The maximum atomic E-state index is 11.7. The van der Waals surface area contributed by atoms with Gasteiger partial charge >= 0.3 is 0 Å². The summed E-state index contributed by atoms with van der Waals surface area (Å²) in [5, 5.41) is 2.80. The van der Waals surface area contributed by atoms with Crippen LogP contribution >= 0.6 is 12.4 Å². The zero-order chi connectivity index (χ0) is 10.1. The molecule has 0 radical (unpaired) electrons. The topological polar surface area (TPSA) is 49.4 Å². The van der Waals surface area contributed by atoms with Gasteiger partial charge in [0.15, 0.2) is 0 Å². The molecule has 1 aliphatic rings. The van der Waals surface area contributed by atoms with Crippen LogP contribution in [0.4, 0.5) is 0 Å². The molecule has 4 nitrogen and oxygen atoms in total. The molecule has 0 aromatic carbocycles. The number of hydrogen-bond acceptors (Lipinski definition) is 3. The Morgan fingerprint density at radius 1 is 1.43 bits per heavy atom. The smallest absolute Gasteiger partial charge is 0.216 e. The van der Waals surface area contributed by atoms with Crippen LogP contribution in [0.5, 0.6) is 0 Å². The van der Waals surface area contributed by atoms with Crippen molar-refractivity contribution >= 4 is 22.4 Å². The fourth-order valence-electron chi connectivity index (χ4n) is 1.49. The second-order valence-corrected chi connectivity index (χ2v) is 6.22. The standard InChI is InChI=1S/C8H18N2O2S.ClH/c1-7(2)13(11,12)10-5-4-8(6-10)9-3;/h7-9H,4-6H2,1-3H3;1H/t8-;/m0./s1. The number of halogens is 1. The number of sulfonamides is 1. The lowest BCUT2D eigenvalue weighted by atomic mass is 10.3. The Morgan fingerprint density at radius 3 is 2.36 bits per heavy atom. The zero-order valence-electron chi connectivity index (χ0n) is 8.86. The van der Waals surface area contributed by atoms with Gasteiger partial charge < -0.3 is 5.32 Å². The fraction of sp³-hybridized carbons (Fsp3) is 1.00. The fourth-order valence-corrected chi connectivity index (χ4v) is 2.84. The summed E-state index contributed by atoms with van der Waals surface area (Å²) in [6.07, 6.45) is 0.919. The van der Waals surface area contributed by atoms with Crippen molar-refractivity contribution in [3.8, 4) is 0 Å². The van der Waals surface area contributed by atoms with Crippen LogP contribution in [0.25, 0.3) is 0 Å². The maximum Gasteiger partial charge on any atom is 0.216 e. The van der Waals surface area contributed by atoms with Crippen molar-refractivity contribution in [1.82, 2.24) is 9.62 Å². The lowest BCUT2D eigenvalue weighted by molar-refractivity contribution is 0.458. The van der Waals surface area contributed by atoms with Gasteiger partial charge in [0.2, 0.25) is 10.0 Å². The summed E-state index contributed by atoms with van der Waals surface area (Å²) in [5.74, 6) is 0. The lowest BCUT2D eigenvalue weighted by Gasteiger charge is -2.18. The molecular weight excluding hydrogens is 224 g/mol. The normalized spacial score (nSPS) is 23.9. The van der Waals surface area contributed by atoms with E-state index in [4.69, 9.17) is 0 Å². The molecule has 0 amide bonds. The van der Waals surface area contributed by atoms with Crippen molar-refractivity contribution < 1.29 is 8.42 Å². The number of likely N-dealkylation sites (N-methyl/N-ethyl adjacent to an activating group) is 1. The van der Waals surface area contributed by atoms with Crippen molar-refractivity contribution in [2.45, 2.75) is 31.6 Å². The molecule has 1 aliphatic heterocycles. The molecule has 1 atom stereocenters. The second-order valence-electron chi connectivity index (χ2n) is 3.73. The Labute approximate surface area is 92.5 Å². The first-order chi connectivity index (χ1) is 5.98. The SMILES string of the molecule is CN[C@H]1CCN(S(=O)(=O)C(C)C)C1.Cl. The van der Waals surface area contributed by atoms with E-state index in [1.165, 1.54) is 0 Å². The van der Waals surface area contributed by atoms with Gasteiger partial charge in [0.1, 0.15) is 0 Å². The number of nitrogens with zero attached hydrogens (tertiary/aromatic N) is 1. The molecule has 1 rings (SSSR count). The molecule has 0 aromatic heterocycles. The summed E-state index contributed by atoms with van der Waals surface area (Å²) in [6.45, 7) is 4.73. The number of nitrogens with one attached hydrogen (secondary N) is 1. The molecule has 0 spiro atoms. The van der Waals surface area contributed by atoms with E-state index in [0.29, 0.717) is 19.1 Å². The molecule has 6 heteroatoms. The van der Waals surface area contributed by atoms with Gasteiger partial charge in [-0.3, -0.25) is 0 Å². The molecule has 0 aliphatic carbocycles. The molecule has 0 saturated carbocycles. The molecule has 1 N–H and O–H groups in total. The zero-order valence-corrected chi connectivity index (χ0v) is 10.5. The highest BCUT2D eigenvalue weighted by Gasteiger charge is 2.32. The number of hydrogen-bond donors (Lipinski definition) is 1. The average molecular weight is 243 g/mol. The Bertz CT molecular complexity index is 267. The quantitative estimate of drug-likeness (QED) is 0.782. The van der Waals surface area contributed by atoms with Crippen LogP contribution in [0, 0.1) is 0 Å². The lowest BCUT2D eigenvalue weighted by Crippen LogP contribution is -2.37. The summed E-state index contributed by atoms with van der Waals surface area (Å²) >= 11 is 0. The van der Waals surface area contributed by atoms with Crippen LogP contribution in [0.1, 0.15) is 20.3 Å². The van der Waals surface area contributed by atoms with Crippen LogP contribution in [0.3, 0.4) is 0 Å². The molecule has 1 heterocycles.